The fraction of sp³-hybridized carbons (Fsp3) is 0.467. The van der Waals surface area contributed by atoms with Gasteiger partial charge in [0.25, 0.3) is 0 Å². The standard InChI is InChI=1S/C15H23N3O3/c1-4-10(2)14(16)15(20)18-12-7-5-6-11(8-12)17-13(19)9-21-3/h5-8,10,14H,4,9,16H2,1-3H3,(H,17,19)(H,18,20)/t10-,14-/m0/s1. The Balaban J connectivity index is 2.68. The van der Waals surface area contributed by atoms with Crippen LogP contribution in [0, 0.1) is 5.92 Å². The van der Waals surface area contributed by atoms with Gasteiger partial charge in [0.1, 0.15) is 6.61 Å². The van der Waals surface area contributed by atoms with Gasteiger partial charge in [0.05, 0.1) is 6.04 Å². The third-order valence-electron chi connectivity index (χ3n) is 3.25. The third-order valence-corrected chi connectivity index (χ3v) is 3.25. The number of nitrogens with two attached hydrogens (primary N) is 1. The molecule has 0 fully saturated rings. The maximum Gasteiger partial charge on any atom is 0.250 e. The summed E-state index contributed by atoms with van der Waals surface area (Å²) in [6.45, 7) is 3.91. The molecule has 0 aliphatic rings. The predicted octanol–water partition coefficient (Wildman–Crippen LogP) is 1.58. The molecule has 0 aromatic heterocycles. The van der Waals surface area contributed by atoms with E-state index in [4.69, 9.17) is 10.5 Å². The van der Waals surface area contributed by atoms with Crippen molar-refractivity contribution in [1.82, 2.24) is 0 Å². The predicted molar refractivity (Wildman–Crippen MR) is 83.0 cm³/mol. The lowest BCUT2D eigenvalue weighted by Gasteiger charge is -2.18. The number of carbonyl (C=O) groups excluding carboxylic acids is 2. The molecule has 0 aliphatic heterocycles. The third kappa shape index (κ3) is 5.53. The topological polar surface area (TPSA) is 93.5 Å². The number of ether oxygens (including phenoxy) is 1. The van der Waals surface area contributed by atoms with Crippen molar-refractivity contribution in [3.05, 3.63) is 24.3 Å². The number of amides is 2. The summed E-state index contributed by atoms with van der Waals surface area (Å²) in [6.07, 6.45) is 0.835. The molecule has 1 rings (SSSR count). The Kier molecular flexibility index (Phi) is 6.84. The summed E-state index contributed by atoms with van der Waals surface area (Å²) in [7, 11) is 1.45. The molecule has 0 saturated carbocycles. The summed E-state index contributed by atoms with van der Waals surface area (Å²) >= 11 is 0. The first-order valence-corrected chi connectivity index (χ1v) is 6.93. The van der Waals surface area contributed by atoms with Gasteiger partial charge in [-0.05, 0) is 24.1 Å². The van der Waals surface area contributed by atoms with E-state index in [0.29, 0.717) is 11.4 Å². The highest BCUT2D eigenvalue weighted by atomic mass is 16.5. The first-order chi connectivity index (χ1) is 9.97. The van der Waals surface area contributed by atoms with Gasteiger partial charge in [-0.25, -0.2) is 0 Å². The number of anilines is 2. The van der Waals surface area contributed by atoms with Gasteiger partial charge in [0.15, 0.2) is 0 Å². The van der Waals surface area contributed by atoms with Crippen molar-refractivity contribution in [2.24, 2.45) is 11.7 Å². The van der Waals surface area contributed by atoms with Crippen molar-refractivity contribution in [3.63, 3.8) is 0 Å². The van der Waals surface area contributed by atoms with Crippen LogP contribution < -0.4 is 16.4 Å². The number of rotatable bonds is 7. The molecule has 0 saturated heterocycles. The first-order valence-electron chi connectivity index (χ1n) is 6.93. The molecular formula is C15H23N3O3. The lowest BCUT2D eigenvalue weighted by atomic mass is 9.99. The molecule has 2 atom stereocenters. The zero-order chi connectivity index (χ0) is 15.8. The Labute approximate surface area is 125 Å². The zero-order valence-electron chi connectivity index (χ0n) is 12.7. The largest absolute Gasteiger partial charge is 0.375 e. The smallest absolute Gasteiger partial charge is 0.250 e. The second kappa shape index (κ2) is 8.39. The lowest BCUT2D eigenvalue weighted by molar-refractivity contribution is -0.120. The highest BCUT2D eigenvalue weighted by Crippen LogP contribution is 2.16. The summed E-state index contributed by atoms with van der Waals surface area (Å²) in [6, 6.07) is 6.34. The van der Waals surface area contributed by atoms with Crippen LogP contribution >= 0.6 is 0 Å². The van der Waals surface area contributed by atoms with Crippen LogP contribution in [0.25, 0.3) is 0 Å². The minimum absolute atomic E-state index is 0.0184. The van der Waals surface area contributed by atoms with E-state index in [9.17, 15) is 9.59 Å². The van der Waals surface area contributed by atoms with Gasteiger partial charge in [-0.2, -0.15) is 0 Å². The SMILES string of the molecule is CC[C@H](C)[C@H](N)C(=O)Nc1cccc(NC(=O)COC)c1. The second-order valence-corrected chi connectivity index (χ2v) is 4.96. The van der Waals surface area contributed by atoms with E-state index in [2.05, 4.69) is 10.6 Å². The molecule has 0 spiro atoms. The normalized spacial score (nSPS) is 13.3. The summed E-state index contributed by atoms with van der Waals surface area (Å²) in [5, 5.41) is 5.43. The summed E-state index contributed by atoms with van der Waals surface area (Å²) in [5.41, 5.74) is 7.06. The molecule has 0 aliphatic carbocycles. The van der Waals surface area contributed by atoms with Crippen LogP contribution in [0.5, 0.6) is 0 Å². The highest BCUT2D eigenvalue weighted by molar-refractivity contribution is 5.96. The van der Waals surface area contributed by atoms with Crippen LogP contribution in [0.3, 0.4) is 0 Å². The Morgan fingerprint density at radius 3 is 2.48 bits per heavy atom. The molecule has 1 aromatic carbocycles. The van der Waals surface area contributed by atoms with Crippen LogP contribution in [0.4, 0.5) is 11.4 Å². The van der Waals surface area contributed by atoms with Crippen molar-refractivity contribution in [2.45, 2.75) is 26.3 Å². The zero-order valence-corrected chi connectivity index (χ0v) is 12.7. The Morgan fingerprint density at radius 2 is 1.90 bits per heavy atom. The Morgan fingerprint density at radius 1 is 1.29 bits per heavy atom. The average Bonchev–Trinajstić information content (AvgIpc) is 2.46. The number of nitrogens with one attached hydrogen (secondary N) is 2. The van der Waals surface area contributed by atoms with E-state index < -0.39 is 6.04 Å². The van der Waals surface area contributed by atoms with Crippen molar-refractivity contribution in [1.29, 1.82) is 0 Å². The molecule has 21 heavy (non-hydrogen) atoms. The van der Waals surface area contributed by atoms with Crippen molar-refractivity contribution in [3.8, 4) is 0 Å². The van der Waals surface area contributed by atoms with Crippen molar-refractivity contribution >= 4 is 23.2 Å². The van der Waals surface area contributed by atoms with Gasteiger partial charge in [0, 0.05) is 18.5 Å². The Bertz CT molecular complexity index is 491. The van der Waals surface area contributed by atoms with Crippen molar-refractivity contribution < 1.29 is 14.3 Å². The van der Waals surface area contributed by atoms with E-state index in [1.165, 1.54) is 7.11 Å². The molecule has 2 amide bonds. The molecule has 4 N–H and O–H groups in total. The van der Waals surface area contributed by atoms with Gasteiger partial charge in [0.2, 0.25) is 11.8 Å². The van der Waals surface area contributed by atoms with E-state index >= 15 is 0 Å². The molecule has 1 aromatic rings. The van der Waals surface area contributed by atoms with Gasteiger partial charge in [-0.15, -0.1) is 0 Å². The van der Waals surface area contributed by atoms with E-state index in [1.807, 2.05) is 13.8 Å². The van der Waals surface area contributed by atoms with Crippen LogP contribution in [0.15, 0.2) is 24.3 Å². The quantitative estimate of drug-likeness (QED) is 0.711. The minimum Gasteiger partial charge on any atom is -0.375 e. The van der Waals surface area contributed by atoms with Gasteiger partial charge >= 0.3 is 0 Å². The second-order valence-electron chi connectivity index (χ2n) is 4.96. The summed E-state index contributed by atoms with van der Waals surface area (Å²) in [4.78, 5) is 23.4. The first kappa shape index (κ1) is 17.1. The van der Waals surface area contributed by atoms with Gasteiger partial charge < -0.3 is 21.1 Å². The number of carbonyl (C=O) groups is 2. The number of hydrogen-bond donors (Lipinski definition) is 3. The molecule has 0 unspecified atom stereocenters. The molecule has 0 bridgehead atoms. The summed E-state index contributed by atoms with van der Waals surface area (Å²) < 4.78 is 4.74. The van der Waals surface area contributed by atoms with Crippen LogP contribution in [-0.2, 0) is 14.3 Å². The van der Waals surface area contributed by atoms with Gasteiger partial charge in [-0.3, -0.25) is 9.59 Å². The van der Waals surface area contributed by atoms with E-state index in [1.54, 1.807) is 24.3 Å². The fourth-order valence-electron chi connectivity index (χ4n) is 1.74. The van der Waals surface area contributed by atoms with Crippen LogP contribution in [0.1, 0.15) is 20.3 Å². The molecule has 0 radical (unpaired) electrons. The molecule has 116 valence electrons. The maximum atomic E-state index is 12.0. The fourth-order valence-corrected chi connectivity index (χ4v) is 1.74. The minimum atomic E-state index is -0.554. The molecule has 6 heteroatoms. The lowest BCUT2D eigenvalue weighted by Crippen LogP contribution is -2.40. The molecular weight excluding hydrogens is 270 g/mol. The van der Waals surface area contributed by atoms with Crippen LogP contribution in [0.2, 0.25) is 0 Å². The number of benzene rings is 1. The molecule has 0 heterocycles. The van der Waals surface area contributed by atoms with Crippen LogP contribution in [-0.4, -0.2) is 31.6 Å². The highest BCUT2D eigenvalue weighted by Gasteiger charge is 2.19. The van der Waals surface area contributed by atoms with Gasteiger partial charge in [-0.1, -0.05) is 26.3 Å². The Hall–Kier alpha value is -1.92. The summed E-state index contributed by atoms with van der Waals surface area (Å²) in [5.74, 6) is -0.378. The van der Waals surface area contributed by atoms with E-state index in [-0.39, 0.29) is 24.3 Å². The average molecular weight is 293 g/mol. The number of hydrogen-bond acceptors (Lipinski definition) is 4. The van der Waals surface area contributed by atoms with Crippen molar-refractivity contribution in [2.75, 3.05) is 24.4 Å². The maximum absolute atomic E-state index is 12.0. The molecule has 6 nitrogen and oxygen atoms in total. The number of methoxy groups -OCH3 is 1. The van der Waals surface area contributed by atoms with E-state index in [0.717, 1.165) is 6.42 Å². The monoisotopic (exact) mass is 293 g/mol.